The lowest BCUT2D eigenvalue weighted by atomic mass is 9.93. The van der Waals surface area contributed by atoms with E-state index in [1.165, 1.54) is 4.90 Å². The number of nitrogens with zero attached hydrogens (tertiary/aromatic N) is 3. The molecule has 5 rings (SSSR count). The van der Waals surface area contributed by atoms with E-state index in [-0.39, 0.29) is 25.5 Å². The molecule has 5 aromatic rings. The maximum atomic E-state index is 14.0. The fraction of sp³-hybridized carbons (Fsp3) is 0.310. The van der Waals surface area contributed by atoms with Crippen molar-refractivity contribution in [3.63, 3.8) is 0 Å². The van der Waals surface area contributed by atoms with Crippen molar-refractivity contribution in [3.8, 4) is 0 Å². The lowest BCUT2D eigenvalue weighted by Gasteiger charge is -2.31. The number of hydrogen-bond donors (Lipinski definition) is 4. The fourth-order valence-corrected chi connectivity index (χ4v) is 6.20. The molecule has 11 heteroatoms. The van der Waals surface area contributed by atoms with Gasteiger partial charge in [0.25, 0.3) is 0 Å². The Balaban J connectivity index is 1.29. The van der Waals surface area contributed by atoms with Gasteiger partial charge in [0.05, 0.1) is 24.4 Å². The van der Waals surface area contributed by atoms with Crippen LogP contribution >= 0.6 is 0 Å². The minimum atomic E-state index is -1.07. The summed E-state index contributed by atoms with van der Waals surface area (Å²) in [5.41, 5.74) is 3.37. The average molecular weight is 717 g/mol. The number of fused-ring (bicyclic) bond motifs is 1. The van der Waals surface area contributed by atoms with Crippen molar-refractivity contribution >= 4 is 28.8 Å². The molecule has 53 heavy (non-hydrogen) atoms. The summed E-state index contributed by atoms with van der Waals surface area (Å²) in [6, 6.07) is 30.0. The number of carbonyl (C=O) groups is 3. The number of pyridine rings is 2. The van der Waals surface area contributed by atoms with Crippen LogP contribution in [0.25, 0.3) is 10.8 Å². The Morgan fingerprint density at radius 1 is 0.774 bits per heavy atom. The molecule has 0 aliphatic heterocycles. The Morgan fingerprint density at radius 2 is 1.43 bits per heavy atom. The summed E-state index contributed by atoms with van der Waals surface area (Å²) in [5.74, 6) is -0.687. The summed E-state index contributed by atoms with van der Waals surface area (Å²) in [4.78, 5) is 50.5. The number of hydrogen-bond acceptors (Lipinski definition) is 7. The van der Waals surface area contributed by atoms with Gasteiger partial charge in [-0.25, -0.2) is 9.59 Å². The highest BCUT2D eigenvalue weighted by atomic mass is 16.5. The Bertz CT molecular complexity index is 1910. The molecule has 2 heterocycles. The monoisotopic (exact) mass is 716 g/mol. The van der Waals surface area contributed by atoms with Gasteiger partial charge in [-0.15, -0.1) is 0 Å². The smallest absolute Gasteiger partial charge is 0.407 e. The van der Waals surface area contributed by atoms with Crippen molar-refractivity contribution in [1.29, 1.82) is 0 Å². The van der Waals surface area contributed by atoms with Crippen molar-refractivity contribution in [2.75, 3.05) is 7.05 Å². The van der Waals surface area contributed by atoms with Crippen LogP contribution in [0.3, 0.4) is 0 Å². The molecule has 11 nitrogen and oxygen atoms in total. The Morgan fingerprint density at radius 3 is 2.11 bits per heavy atom. The van der Waals surface area contributed by atoms with Gasteiger partial charge in [-0.05, 0) is 53.8 Å². The quantitative estimate of drug-likeness (QED) is 0.101. The third kappa shape index (κ3) is 11.6. The van der Waals surface area contributed by atoms with Crippen LogP contribution in [0.15, 0.2) is 122 Å². The second kappa shape index (κ2) is 19.1. The number of urea groups is 1. The zero-order valence-electron chi connectivity index (χ0n) is 30.4. The third-order valence-electron chi connectivity index (χ3n) is 9.07. The largest absolute Gasteiger partial charge is 0.445 e. The summed E-state index contributed by atoms with van der Waals surface area (Å²) in [6.45, 7) is 4.01. The van der Waals surface area contributed by atoms with Crippen molar-refractivity contribution < 1.29 is 24.2 Å². The first-order valence-electron chi connectivity index (χ1n) is 17.9. The Kier molecular flexibility index (Phi) is 13.9. The van der Waals surface area contributed by atoms with Crippen LogP contribution in [-0.2, 0) is 35.5 Å². The molecule has 4 amide bonds. The number of nitrogens with one attached hydrogen (secondary N) is 3. The fourth-order valence-electron chi connectivity index (χ4n) is 6.20. The number of aliphatic hydroxyl groups excluding tert-OH is 1. The molecule has 276 valence electrons. The number of alkyl carbamates (subject to hydrolysis) is 1. The molecule has 0 aliphatic carbocycles. The summed E-state index contributed by atoms with van der Waals surface area (Å²) in [5, 5.41) is 22.7. The van der Waals surface area contributed by atoms with Gasteiger partial charge in [0.15, 0.2) is 0 Å². The van der Waals surface area contributed by atoms with E-state index in [1.807, 2.05) is 111 Å². The molecule has 0 fully saturated rings. The molecule has 0 spiro atoms. The van der Waals surface area contributed by atoms with E-state index < -0.39 is 42.3 Å². The van der Waals surface area contributed by atoms with Gasteiger partial charge in [-0.2, -0.15) is 0 Å². The van der Waals surface area contributed by atoms with E-state index in [0.29, 0.717) is 12.8 Å². The zero-order chi connectivity index (χ0) is 37.6. The molecular weight excluding hydrogens is 668 g/mol. The maximum Gasteiger partial charge on any atom is 0.407 e. The number of rotatable bonds is 16. The van der Waals surface area contributed by atoms with Gasteiger partial charge in [0.1, 0.15) is 12.6 Å². The van der Waals surface area contributed by atoms with Crippen LogP contribution in [0, 0.1) is 5.92 Å². The second-order valence-corrected chi connectivity index (χ2v) is 13.6. The van der Waals surface area contributed by atoms with Crippen LogP contribution in [0.1, 0.15) is 42.7 Å². The first-order chi connectivity index (χ1) is 25.7. The van der Waals surface area contributed by atoms with Gasteiger partial charge in [0.2, 0.25) is 5.91 Å². The number of aromatic nitrogens is 2. The standard InChI is InChI=1S/C42H48N6O5/c1-29(2)39(47-41(51)48(3)27-37-35-19-11-10-18-33(35)20-22-44-37)40(50)46-36(24-31-15-8-5-9-16-31)38(49)25-34(23-30-13-6-4-7-14-30)45-42(52)53-28-32-17-12-21-43-26-32/h4-22,26,29,34,36,38-39,49H,23-25,27-28H2,1-3H3,(H,45,52)(H,46,50)(H,47,51)/t34-,36-,38-,39-/m0/s1. The molecule has 0 bridgehead atoms. The lowest BCUT2D eigenvalue weighted by molar-refractivity contribution is -0.125. The highest BCUT2D eigenvalue weighted by Gasteiger charge is 2.31. The lowest BCUT2D eigenvalue weighted by Crippen LogP contribution is -2.57. The second-order valence-electron chi connectivity index (χ2n) is 13.6. The number of aliphatic hydroxyl groups is 1. The molecule has 0 saturated heterocycles. The third-order valence-corrected chi connectivity index (χ3v) is 9.07. The average Bonchev–Trinajstić information content (AvgIpc) is 3.17. The van der Waals surface area contributed by atoms with Crippen LogP contribution in [0.5, 0.6) is 0 Å². The van der Waals surface area contributed by atoms with Crippen molar-refractivity contribution in [3.05, 3.63) is 144 Å². The first kappa shape index (κ1) is 38.4. The Hall–Kier alpha value is -5.81. The van der Waals surface area contributed by atoms with Crippen LogP contribution in [0.4, 0.5) is 9.59 Å². The van der Waals surface area contributed by atoms with Crippen LogP contribution < -0.4 is 16.0 Å². The van der Waals surface area contributed by atoms with E-state index >= 15 is 0 Å². The van der Waals surface area contributed by atoms with Gasteiger partial charge in [-0.1, -0.05) is 105 Å². The summed E-state index contributed by atoms with van der Waals surface area (Å²) < 4.78 is 5.48. The highest BCUT2D eigenvalue weighted by molar-refractivity contribution is 5.88. The van der Waals surface area contributed by atoms with Gasteiger partial charge < -0.3 is 30.7 Å². The van der Waals surface area contributed by atoms with Gasteiger partial charge in [-0.3, -0.25) is 14.8 Å². The predicted octanol–water partition coefficient (Wildman–Crippen LogP) is 5.81. The van der Waals surface area contributed by atoms with E-state index in [1.54, 1.807) is 31.7 Å². The maximum absolute atomic E-state index is 14.0. The minimum absolute atomic E-state index is 0.0446. The number of benzene rings is 3. The normalized spacial score (nSPS) is 13.4. The molecule has 2 aromatic heterocycles. The molecule has 0 radical (unpaired) electrons. The highest BCUT2D eigenvalue weighted by Crippen LogP contribution is 2.19. The molecule has 4 atom stereocenters. The van der Waals surface area contributed by atoms with Crippen molar-refractivity contribution in [1.82, 2.24) is 30.8 Å². The minimum Gasteiger partial charge on any atom is -0.445 e. The van der Waals surface area contributed by atoms with E-state index in [0.717, 1.165) is 33.2 Å². The van der Waals surface area contributed by atoms with E-state index in [9.17, 15) is 19.5 Å². The molecule has 0 saturated carbocycles. The number of amides is 4. The molecule has 3 aromatic carbocycles. The summed E-state index contributed by atoms with van der Waals surface area (Å²) in [6.07, 6.45) is 4.16. The van der Waals surface area contributed by atoms with Crippen molar-refractivity contribution in [2.24, 2.45) is 5.92 Å². The summed E-state index contributed by atoms with van der Waals surface area (Å²) >= 11 is 0. The molecular formula is C42H48N6O5. The summed E-state index contributed by atoms with van der Waals surface area (Å²) in [7, 11) is 1.66. The molecule has 0 unspecified atom stereocenters. The van der Waals surface area contributed by atoms with E-state index in [4.69, 9.17) is 4.74 Å². The van der Waals surface area contributed by atoms with E-state index in [2.05, 4.69) is 25.9 Å². The number of ether oxygens (including phenoxy) is 1. The van der Waals surface area contributed by atoms with Gasteiger partial charge >= 0.3 is 12.1 Å². The van der Waals surface area contributed by atoms with Gasteiger partial charge in [0, 0.05) is 42.6 Å². The molecule has 0 aliphatic rings. The topological polar surface area (TPSA) is 146 Å². The SMILES string of the molecule is CC(C)[C@H](NC(=O)N(C)Cc1nccc2ccccc12)C(=O)N[C@@H](Cc1ccccc1)[C@@H](O)C[C@H](Cc1ccccc1)NC(=O)OCc1cccnc1. The molecule has 4 N–H and O–H groups in total. The van der Waals surface area contributed by atoms with Crippen molar-refractivity contribution in [2.45, 2.75) is 70.5 Å². The predicted molar refractivity (Wildman–Crippen MR) is 205 cm³/mol. The van der Waals surface area contributed by atoms with Crippen LogP contribution in [-0.4, -0.2) is 69.3 Å². The number of carbonyl (C=O) groups excluding carboxylic acids is 3. The first-order valence-corrected chi connectivity index (χ1v) is 17.9. The Labute approximate surface area is 310 Å². The zero-order valence-corrected chi connectivity index (χ0v) is 30.4. The van der Waals surface area contributed by atoms with Crippen LogP contribution in [0.2, 0.25) is 0 Å².